The zero-order valence-electron chi connectivity index (χ0n) is 12.3. The van der Waals surface area contributed by atoms with E-state index in [1.54, 1.807) is 18.2 Å². The molecule has 4 nitrogen and oxygen atoms in total. The third kappa shape index (κ3) is 2.95. The van der Waals surface area contributed by atoms with E-state index >= 15 is 0 Å². The Labute approximate surface area is 135 Å². The van der Waals surface area contributed by atoms with E-state index in [-0.39, 0.29) is 5.69 Å². The molecule has 0 aliphatic carbocycles. The molecule has 0 spiro atoms. The summed E-state index contributed by atoms with van der Waals surface area (Å²) in [5.74, 6) is -1.06. The second-order valence-electron chi connectivity index (χ2n) is 5.32. The first-order valence-electron chi connectivity index (χ1n) is 7.13. The van der Waals surface area contributed by atoms with E-state index in [1.165, 1.54) is 0 Å². The number of fused-ring (bicyclic) bond motifs is 1. The molecule has 0 fully saturated rings. The highest BCUT2D eigenvalue weighted by molar-refractivity contribution is 6.02. The van der Waals surface area contributed by atoms with Crippen molar-refractivity contribution >= 4 is 5.78 Å². The molecule has 0 N–H and O–H groups in total. The fraction of sp³-hybridized carbons (Fsp3) is 0.235. The molecule has 2 heterocycles. The third-order valence-electron chi connectivity index (χ3n) is 3.77. The first-order valence-corrected chi connectivity index (χ1v) is 7.13. The summed E-state index contributed by atoms with van der Waals surface area (Å²) in [6, 6.07) is 8.55. The number of pyridine rings is 1. The van der Waals surface area contributed by atoms with Gasteiger partial charge in [-0.05, 0) is 35.9 Å². The maximum absolute atomic E-state index is 12.6. The Morgan fingerprint density at radius 2 is 2.08 bits per heavy atom. The van der Waals surface area contributed by atoms with Crippen LogP contribution in [-0.4, -0.2) is 17.4 Å². The molecule has 1 aliphatic rings. The van der Waals surface area contributed by atoms with Gasteiger partial charge in [-0.15, -0.1) is 0 Å². The third-order valence-corrected chi connectivity index (χ3v) is 3.77. The van der Waals surface area contributed by atoms with Gasteiger partial charge >= 0.3 is 6.18 Å². The van der Waals surface area contributed by atoms with E-state index in [1.807, 2.05) is 6.07 Å². The topological polar surface area (TPSA) is 63.0 Å². The van der Waals surface area contributed by atoms with Crippen molar-refractivity contribution in [3.63, 3.8) is 0 Å². The minimum atomic E-state index is -4.52. The average molecular weight is 332 g/mol. The molecule has 0 saturated heterocycles. The van der Waals surface area contributed by atoms with Gasteiger partial charge in [-0.2, -0.15) is 18.4 Å². The highest BCUT2D eigenvalue weighted by atomic mass is 19.4. The molecule has 0 saturated carbocycles. The zero-order chi connectivity index (χ0) is 17.3. The van der Waals surface area contributed by atoms with E-state index in [0.29, 0.717) is 30.5 Å². The van der Waals surface area contributed by atoms with Crippen molar-refractivity contribution in [3.05, 3.63) is 58.9 Å². The second kappa shape index (κ2) is 5.96. The lowest BCUT2D eigenvalue weighted by atomic mass is 9.94. The molecule has 1 atom stereocenters. The lowest BCUT2D eigenvalue weighted by molar-refractivity contribution is -0.137. The number of hydrogen-bond acceptors (Lipinski definition) is 4. The van der Waals surface area contributed by atoms with Gasteiger partial charge in [0, 0.05) is 18.2 Å². The Morgan fingerprint density at radius 3 is 2.71 bits per heavy atom. The Balaban J connectivity index is 1.88. The molecule has 0 unspecified atom stereocenters. The smallest absolute Gasteiger partial charge is 0.417 e. The summed E-state index contributed by atoms with van der Waals surface area (Å²) in [6.07, 6.45) is -3.21. The van der Waals surface area contributed by atoms with Gasteiger partial charge in [-0.3, -0.25) is 9.78 Å². The van der Waals surface area contributed by atoms with Crippen LogP contribution in [0.15, 0.2) is 36.5 Å². The van der Waals surface area contributed by atoms with Crippen molar-refractivity contribution in [2.75, 3.05) is 6.61 Å². The molecule has 2 aromatic rings. The number of halogens is 3. The average Bonchev–Trinajstić information content (AvgIpc) is 3.02. The lowest BCUT2D eigenvalue weighted by Crippen LogP contribution is -2.14. The molecular weight excluding hydrogens is 321 g/mol. The number of nitrogens with zero attached hydrogens (tertiary/aromatic N) is 2. The molecule has 7 heteroatoms. The van der Waals surface area contributed by atoms with Crippen molar-refractivity contribution < 1.29 is 22.7 Å². The molecule has 122 valence electrons. The predicted octanol–water partition coefficient (Wildman–Crippen LogP) is 3.53. The summed E-state index contributed by atoms with van der Waals surface area (Å²) >= 11 is 0. The monoisotopic (exact) mass is 332 g/mol. The van der Waals surface area contributed by atoms with Crippen LogP contribution in [0.5, 0.6) is 5.75 Å². The van der Waals surface area contributed by atoms with Crippen LogP contribution in [0.25, 0.3) is 0 Å². The highest BCUT2D eigenvalue weighted by Gasteiger charge is 2.32. The van der Waals surface area contributed by atoms with Crippen molar-refractivity contribution in [3.8, 4) is 11.8 Å². The zero-order valence-corrected chi connectivity index (χ0v) is 12.3. The van der Waals surface area contributed by atoms with Gasteiger partial charge in [-0.1, -0.05) is 0 Å². The quantitative estimate of drug-likeness (QED) is 0.807. The van der Waals surface area contributed by atoms with Crippen LogP contribution in [0.1, 0.15) is 33.1 Å². The van der Waals surface area contributed by atoms with Crippen LogP contribution < -0.4 is 4.74 Å². The summed E-state index contributed by atoms with van der Waals surface area (Å²) in [4.78, 5) is 16.2. The molecule has 24 heavy (non-hydrogen) atoms. The molecule has 1 aliphatic heterocycles. The summed E-state index contributed by atoms with van der Waals surface area (Å²) in [5.41, 5.74) is 0.253. The lowest BCUT2D eigenvalue weighted by Gasteiger charge is -2.11. The fourth-order valence-electron chi connectivity index (χ4n) is 2.51. The first-order chi connectivity index (χ1) is 11.4. The summed E-state index contributed by atoms with van der Waals surface area (Å²) in [5, 5.41) is 9.28. The molecule has 3 rings (SSSR count). The number of ether oxygens (including phenoxy) is 1. The van der Waals surface area contributed by atoms with Crippen LogP contribution in [0.3, 0.4) is 0 Å². The minimum Gasteiger partial charge on any atom is -0.493 e. The number of aromatic nitrogens is 1. The Morgan fingerprint density at radius 1 is 1.29 bits per heavy atom. The van der Waals surface area contributed by atoms with E-state index in [4.69, 9.17) is 4.74 Å². The number of nitriles is 1. The molecule has 0 radical (unpaired) electrons. The number of rotatable bonds is 3. The summed E-state index contributed by atoms with van der Waals surface area (Å²) < 4.78 is 43.1. The molecule has 1 aromatic heterocycles. The molecular formula is C17H11F3N2O2. The van der Waals surface area contributed by atoms with Crippen LogP contribution in [0.4, 0.5) is 13.2 Å². The molecule has 0 amide bonds. The van der Waals surface area contributed by atoms with Crippen LogP contribution in [0, 0.1) is 11.3 Å². The van der Waals surface area contributed by atoms with E-state index in [2.05, 4.69) is 4.98 Å². The number of carbonyl (C=O) groups is 1. The van der Waals surface area contributed by atoms with Crippen LogP contribution in [0.2, 0.25) is 0 Å². The Bertz CT molecular complexity index is 823. The maximum Gasteiger partial charge on any atom is 0.417 e. The summed E-state index contributed by atoms with van der Waals surface area (Å²) in [7, 11) is 0. The van der Waals surface area contributed by atoms with E-state index < -0.39 is 23.4 Å². The van der Waals surface area contributed by atoms with Gasteiger partial charge in [0.05, 0.1) is 23.9 Å². The van der Waals surface area contributed by atoms with Gasteiger partial charge in [0.15, 0.2) is 11.7 Å². The largest absolute Gasteiger partial charge is 0.493 e. The second-order valence-corrected chi connectivity index (χ2v) is 5.32. The number of carbonyl (C=O) groups excluding carboxylic acids is 1. The van der Waals surface area contributed by atoms with Crippen LogP contribution in [-0.2, 0) is 12.6 Å². The van der Waals surface area contributed by atoms with E-state index in [9.17, 15) is 23.2 Å². The normalized spacial score (nSPS) is 14.4. The van der Waals surface area contributed by atoms with Crippen molar-refractivity contribution in [1.82, 2.24) is 4.98 Å². The van der Waals surface area contributed by atoms with Gasteiger partial charge in [0.25, 0.3) is 0 Å². The Hall–Kier alpha value is -2.88. The maximum atomic E-state index is 12.6. The molecule has 0 bridgehead atoms. The number of ketones is 1. The van der Waals surface area contributed by atoms with Gasteiger partial charge in [0.2, 0.25) is 0 Å². The first kappa shape index (κ1) is 16.0. The number of Topliss-reactive ketones (excluding diaryl/α,β-unsaturated/α-hetero) is 1. The van der Waals surface area contributed by atoms with Crippen molar-refractivity contribution in [2.24, 2.45) is 0 Å². The number of benzene rings is 1. The molecule has 1 aromatic carbocycles. The van der Waals surface area contributed by atoms with Crippen molar-refractivity contribution in [1.29, 1.82) is 5.26 Å². The minimum absolute atomic E-state index is 0.00718. The standard InChI is InChI=1S/C17H11F3N2O2/c18-17(19,20)12-2-3-14(22-9-12)13(8-21)16(23)11-1-4-15-10(7-11)5-6-24-15/h1-4,7,9,13H,5-6H2/t13-/m0/s1. The fourth-order valence-corrected chi connectivity index (χ4v) is 2.51. The van der Waals surface area contributed by atoms with Crippen molar-refractivity contribution in [2.45, 2.75) is 18.5 Å². The van der Waals surface area contributed by atoms with E-state index in [0.717, 1.165) is 17.7 Å². The van der Waals surface area contributed by atoms with Crippen LogP contribution >= 0.6 is 0 Å². The van der Waals surface area contributed by atoms with Gasteiger partial charge < -0.3 is 4.74 Å². The predicted molar refractivity (Wildman–Crippen MR) is 77.6 cm³/mol. The number of alkyl halides is 3. The highest BCUT2D eigenvalue weighted by Crippen LogP contribution is 2.31. The SMILES string of the molecule is N#C[C@H](C(=O)c1ccc2c(c1)CCO2)c1ccc(C(F)(F)F)cn1. The van der Waals surface area contributed by atoms with Gasteiger partial charge in [-0.25, -0.2) is 0 Å². The number of hydrogen-bond donors (Lipinski definition) is 0. The summed E-state index contributed by atoms with van der Waals surface area (Å²) in [6.45, 7) is 0.537. The van der Waals surface area contributed by atoms with Gasteiger partial charge in [0.1, 0.15) is 5.75 Å². The Kier molecular flexibility index (Phi) is 3.97.